The van der Waals surface area contributed by atoms with Gasteiger partial charge >= 0.3 is 5.97 Å². The molecule has 190 valence electrons. The first kappa shape index (κ1) is 26.6. The molecule has 2 aliphatic heterocycles. The van der Waals surface area contributed by atoms with Gasteiger partial charge in [0.05, 0.1) is 31.3 Å². The maximum Gasteiger partial charge on any atom is 0.338 e. The van der Waals surface area contributed by atoms with E-state index in [0.29, 0.717) is 13.0 Å². The number of aromatic carboxylic acids is 1. The molecule has 0 aromatic heterocycles. The van der Waals surface area contributed by atoms with Crippen LogP contribution in [0.4, 0.5) is 0 Å². The van der Waals surface area contributed by atoms with Crippen molar-refractivity contribution in [2.24, 2.45) is 5.92 Å². The van der Waals surface area contributed by atoms with Crippen LogP contribution >= 0.6 is 46.7 Å². The van der Waals surface area contributed by atoms with E-state index in [1.54, 1.807) is 4.90 Å². The number of nitrogens with zero attached hydrogens (tertiary/aromatic N) is 1. The Hall–Kier alpha value is -1.42. The predicted molar refractivity (Wildman–Crippen MR) is 140 cm³/mol. The molecule has 35 heavy (non-hydrogen) atoms. The summed E-state index contributed by atoms with van der Waals surface area (Å²) in [5, 5.41) is 12.3. The molecule has 2 N–H and O–H groups in total. The molecule has 11 heteroatoms. The van der Waals surface area contributed by atoms with Crippen molar-refractivity contribution in [2.75, 3.05) is 18.1 Å². The number of hydrogen-bond donors (Lipinski definition) is 2. The van der Waals surface area contributed by atoms with Gasteiger partial charge < -0.3 is 20.1 Å². The number of benzene rings is 1. The maximum atomic E-state index is 13.9. The SMILES string of the molecule is O=C[C@@H]1CC2(CN1C(=O)C(NC(=O)c1ccc(Cl)c(Cl)c1C(=O)O)C1CCCCC1)SCCCS2. The number of carbonyl (C=O) groups excluding carboxylic acids is 3. The molecule has 3 fully saturated rings. The Morgan fingerprint density at radius 1 is 1.11 bits per heavy atom. The molecular formula is C24H28Cl2N2O5S2. The van der Waals surface area contributed by atoms with Crippen molar-refractivity contribution >= 4 is 70.8 Å². The number of amides is 2. The molecule has 2 heterocycles. The molecule has 1 aromatic rings. The molecule has 4 rings (SSSR count). The maximum absolute atomic E-state index is 13.9. The van der Waals surface area contributed by atoms with Crippen molar-refractivity contribution in [3.05, 3.63) is 33.3 Å². The summed E-state index contributed by atoms with van der Waals surface area (Å²) < 4.78 is -0.194. The highest BCUT2D eigenvalue weighted by molar-refractivity contribution is 8.18. The molecule has 1 unspecified atom stereocenters. The van der Waals surface area contributed by atoms with Gasteiger partial charge in [-0.1, -0.05) is 42.5 Å². The molecule has 1 aliphatic carbocycles. The largest absolute Gasteiger partial charge is 0.478 e. The van der Waals surface area contributed by atoms with Crippen molar-refractivity contribution in [1.82, 2.24) is 10.2 Å². The Balaban J connectivity index is 1.62. The van der Waals surface area contributed by atoms with Gasteiger partial charge in [0.25, 0.3) is 5.91 Å². The molecule has 7 nitrogen and oxygen atoms in total. The lowest BCUT2D eigenvalue weighted by molar-refractivity contribution is -0.137. The van der Waals surface area contributed by atoms with E-state index in [0.717, 1.165) is 56.3 Å². The molecule has 1 aromatic carbocycles. The zero-order chi connectivity index (χ0) is 25.2. The molecule has 0 radical (unpaired) electrons. The fraction of sp³-hybridized carbons (Fsp3) is 0.583. The van der Waals surface area contributed by atoms with Crippen LogP contribution in [0, 0.1) is 5.92 Å². The van der Waals surface area contributed by atoms with Crippen molar-refractivity contribution in [3.8, 4) is 0 Å². The van der Waals surface area contributed by atoms with E-state index in [-0.39, 0.29) is 31.5 Å². The second-order valence-corrected chi connectivity index (χ2v) is 13.3. The van der Waals surface area contributed by atoms with Crippen molar-refractivity contribution in [2.45, 2.75) is 61.1 Å². The van der Waals surface area contributed by atoms with Crippen molar-refractivity contribution in [3.63, 3.8) is 0 Å². The third kappa shape index (κ3) is 5.63. The summed E-state index contributed by atoms with van der Waals surface area (Å²) in [6.45, 7) is 0.455. The van der Waals surface area contributed by atoms with Gasteiger partial charge in [-0.25, -0.2) is 4.79 Å². The average molecular weight is 560 g/mol. The monoisotopic (exact) mass is 558 g/mol. The fourth-order valence-electron chi connectivity index (χ4n) is 5.25. The Kier molecular flexibility index (Phi) is 8.61. The minimum atomic E-state index is -1.38. The van der Waals surface area contributed by atoms with Gasteiger partial charge in [0.2, 0.25) is 5.91 Å². The van der Waals surface area contributed by atoms with Crippen LogP contribution in [0.1, 0.15) is 65.7 Å². The summed E-state index contributed by atoms with van der Waals surface area (Å²) in [5.41, 5.74) is -0.545. The van der Waals surface area contributed by atoms with Gasteiger partial charge in [-0.05, 0) is 48.8 Å². The second kappa shape index (κ2) is 11.3. The van der Waals surface area contributed by atoms with E-state index < -0.39 is 29.5 Å². The minimum Gasteiger partial charge on any atom is -0.478 e. The van der Waals surface area contributed by atoms with Crippen LogP contribution in [0.2, 0.25) is 10.0 Å². The van der Waals surface area contributed by atoms with Crippen molar-refractivity contribution in [1.29, 1.82) is 0 Å². The van der Waals surface area contributed by atoms with Gasteiger partial charge in [0, 0.05) is 13.0 Å². The van der Waals surface area contributed by atoms with E-state index in [1.807, 2.05) is 23.5 Å². The summed E-state index contributed by atoms with van der Waals surface area (Å²) in [4.78, 5) is 52.7. The lowest BCUT2D eigenvalue weighted by atomic mass is 9.83. The molecule has 2 saturated heterocycles. The van der Waals surface area contributed by atoms with Crippen LogP contribution in [0.5, 0.6) is 0 Å². The van der Waals surface area contributed by atoms with E-state index >= 15 is 0 Å². The van der Waals surface area contributed by atoms with Crippen LogP contribution in [0.3, 0.4) is 0 Å². The fourth-order valence-corrected chi connectivity index (χ4v) is 9.03. The number of carbonyl (C=O) groups is 4. The van der Waals surface area contributed by atoms with E-state index in [9.17, 15) is 24.3 Å². The Morgan fingerprint density at radius 2 is 1.80 bits per heavy atom. The van der Waals surface area contributed by atoms with Crippen LogP contribution in [-0.2, 0) is 9.59 Å². The normalized spacial score (nSPS) is 23.1. The predicted octanol–water partition coefficient (Wildman–Crippen LogP) is 4.74. The summed E-state index contributed by atoms with van der Waals surface area (Å²) in [5.74, 6) is -0.438. The summed E-state index contributed by atoms with van der Waals surface area (Å²) in [6.07, 6.45) is 7.05. The summed E-state index contributed by atoms with van der Waals surface area (Å²) in [6, 6.07) is 1.29. The highest BCUT2D eigenvalue weighted by atomic mass is 35.5. The first-order chi connectivity index (χ1) is 16.8. The molecule has 1 saturated carbocycles. The first-order valence-electron chi connectivity index (χ1n) is 11.8. The lowest BCUT2D eigenvalue weighted by Crippen LogP contribution is -2.54. The average Bonchev–Trinajstić information content (AvgIpc) is 3.22. The minimum absolute atomic E-state index is 0.0270. The first-order valence-corrected chi connectivity index (χ1v) is 14.5. The van der Waals surface area contributed by atoms with Crippen LogP contribution < -0.4 is 5.32 Å². The number of carboxylic acids is 1. The number of nitrogens with one attached hydrogen (secondary N) is 1. The Bertz CT molecular complexity index is 1010. The molecule has 3 aliphatic rings. The lowest BCUT2D eigenvalue weighted by Gasteiger charge is -2.35. The van der Waals surface area contributed by atoms with Crippen LogP contribution in [-0.4, -0.2) is 68.3 Å². The van der Waals surface area contributed by atoms with Gasteiger partial charge in [0.1, 0.15) is 12.3 Å². The van der Waals surface area contributed by atoms with Gasteiger partial charge in [0.15, 0.2) is 0 Å². The second-order valence-electron chi connectivity index (χ2n) is 9.27. The van der Waals surface area contributed by atoms with E-state index in [4.69, 9.17) is 23.2 Å². The quantitative estimate of drug-likeness (QED) is 0.486. The highest BCUT2D eigenvalue weighted by Crippen LogP contribution is 2.50. The molecule has 2 amide bonds. The van der Waals surface area contributed by atoms with Gasteiger partial charge in [-0.3, -0.25) is 9.59 Å². The molecule has 0 bridgehead atoms. The third-order valence-corrected chi connectivity index (χ3v) is 11.2. The van der Waals surface area contributed by atoms with Crippen LogP contribution in [0.25, 0.3) is 0 Å². The number of likely N-dealkylation sites (tertiary alicyclic amines) is 1. The zero-order valence-corrected chi connectivity index (χ0v) is 22.3. The van der Waals surface area contributed by atoms with Gasteiger partial charge in [-0.2, -0.15) is 0 Å². The van der Waals surface area contributed by atoms with Crippen LogP contribution in [0.15, 0.2) is 12.1 Å². The van der Waals surface area contributed by atoms with E-state index in [2.05, 4.69) is 5.32 Å². The van der Waals surface area contributed by atoms with E-state index in [1.165, 1.54) is 12.1 Å². The topological polar surface area (TPSA) is 104 Å². The third-order valence-electron chi connectivity index (χ3n) is 7.02. The number of aldehydes is 1. The summed E-state index contributed by atoms with van der Waals surface area (Å²) in [7, 11) is 0. The van der Waals surface area contributed by atoms with Crippen molar-refractivity contribution < 1.29 is 24.3 Å². The zero-order valence-electron chi connectivity index (χ0n) is 19.1. The number of thioether (sulfide) groups is 2. The number of hydrogen-bond acceptors (Lipinski definition) is 6. The Morgan fingerprint density at radius 3 is 2.43 bits per heavy atom. The number of rotatable bonds is 6. The standard InChI is InChI=1S/C24H28Cl2N2O5S2/c25-17-8-7-16(18(19(17)26)23(32)33)21(30)27-20(14-5-2-1-3-6-14)22(31)28-13-24(11-15(28)12-29)34-9-4-10-35-24/h7-8,12,14-15,20H,1-6,9-11,13H2,(H,27,30)(H,32,33)/t15-,20?/m0/s1. The molecule has 1 spiro atoms. The Labute approximate surface area is 223 Å². The highest BCUT2D eigenvalue weighted by Gasteiger charge is 2.49. The molecule has 2 atom stereocenters. The summed E-state index contributed by atoms with van der Waals surface area (Å²) >= 11 is 15.7. The van der Waals surface area contributed by atoms with Gasteiger partial charge in [-0.15, -0.1) is 23.5 Å². The number of halogens is 2. The number of carboxylic acid groups (broad SMARTS) is 1. The molecular weight excluding hydrogens is 531 g/mol. The smallest absolute Gasteiger partial charge is 0.338 e.